The first kappa shape index (κ1) is 12.0. The van der Waals surface area contributed by atoms with Crippen molar-refractivity contribution >= 4 is 11.6 Å². The lowest BCUT2D eigenvalue weighted by atomic mass is 10.1. The molecule has 1 fully saturated rings. The Kier molecular flexibility index (Phi) is 2.69. The van der Waals surface area contributed by atoms with Gasteiger partial charge in [-0.05, 0) is 25.8 Å². The Hall–Kier alpha value is -2.04. The lowest BCUT2D eigenvalue weighted by Gasteiger charge is -2.16. The third kappa shape index (κ3) is 1.85. The third-order valence-corrected chi connectivity index (χ3v) is 3.70. The van der Waals surface area contributed by atoms with Gasteiger partial charge in [0.05, 0.1) is 5.70 Å². The van der Waals surface area contributed by atoms with Gasteiger partial charge in [-0.2, -0.15) is 0 Å². The highest BCUT2D eigenvalue weighted by Gasteiger charge is 2.35. The zero-order chi connectivity index (χ0) is 13.6. The largest absolute Gasteiger partial charge is 0.502 e. The average molecular weight is 261 g/mol. The van der Waals surface area contributed by atoms with Crippen LogP contribution in [0.5, 0.6) is 0 Å². The lowest BCUT2D eigenvalue weighted by molar-refractivity contribution is -0.115. The van der Waals surface area contributed by atoms with E-state index in [9.17, 15) is 14.7 Å². The van der Waals surface area contributed by atoms with Crippen molar-refractivity contribution in [3.05, 3.63) is 34.6 Å². The summed E-state index contributed by atoms with van der Waals surface area (Å²) in [6, 6.07) is 0. The Morgan fingerprint density at radius 3 is 2.53 bits per heavy atom. The summed E-state index contributed by atoms with van der Waals surface area (Å²) in [7, 11) is 0. The van der Waals surface area contributed by atoms with Crippen molar-refractivity contribution in [2.45, 2.75) is 26.2 Å². The van der Waals surface area contributed by atoms with Gasteiger partial charge in [0.15, 0.2) is 11.5 Å². The summed E-state index contributed by atoms with van der Waals surface area (Å²) in [5, 5.41) is 9.50. The van der Waals surface area contributed by atoms with Crippen molar-refractivity contribution in [2.24, 2.45) is 0 Å². The molecule has 0 unspecified atom stereocenters. The molecule has 0 amide bonds. The van der Waals surface area contributed by atoms with Crippen LogP contribution in [0.15, 0.2) is 34.6 Å². The zero-order valence-electron chi connectivity index (χ0n) is 10.7. The number of allylic oxidation sites excluding steroid dienone is 4. The predicted octanol–water partition coefficient (Wildman–Crippen LogP) is 1.58. The smallest absolute Gasteiger partial charge is 0.266 e. The molecule has 0 aromatic carbocycles. The number of ether oxygens (including phenoxy) is 1. The minimum absolute atomic E-state index is 0.0184. The second-order valence-corrected chi connectivity index (χ2v) is 5.01. The number of likely N-dealkylation sites (tertiary alicyclic amines) is 1. The van der Waals surface area contributed by atoms with Crippen molar-refractivity contribution in [2.75, 3.05) is 13.1 Å². The molecular formula is C14H15NO4. The molecule has 3 aliphatic rings. The van der Waals surface area contributed by atoms with E-state index in [0.29, 0.717) is 11.3 Å². The first-order valence-corrected chi connectivity index (χ1v) is 6.43. The number of aliphatic hydroxyl groups excluding tert-OH is 1. The van der Waals surface area contributed by atoms with Gasteiger partial charge in [0, 0.05) is 25.1 Å². The maximum Gasteiger partial charge on any atom is 0.266 e. The molecule has 2 aliphatic heterocycles. The average Bonchev–Trinajstić information content (AvgIpc) is 3.06. The highest BCUT2D eigenvalue weighted by atomic mass is 16.5. The van der Waals surface area contributed by atoms with E-state index < -0.39 is 5.78 Å². The molecule has 0 aromatic rings. The van der Waals surface area contributed by atoms with E-state index >= 15 is 0 Å². The fraction of sp³-hybridized carbons (Fsp3) is 0.429. The van der Waals surface area contributed by atoms with Gasteiger partial charge in [-0.15, -0.1) is 0 Å². The van der Waals surface area contributed by atoms with Crippen LogP contribution in [0, 0.1) is 0 Å². The summed E-state index contributed by atoms with van der Waals surface area (Å²) in [5.41, 5.74) is 1.24. The molecule has 19 heavy (non-hydrogen) atoms. The molecule has 0 aromatic heterocycles. The van der Waals surface area contributed by atoms with Gasteiger partial charge in [0.2, 0.25) is 5.76 Å². The number of hydrogen-bond donors (Lipinski definition) is 1. The molecule has 0 atom stereocenters. The molecule has 1 aliphatic carbocycles. The third-order valence-electron chi connectivity index (χ3n) is 3.70. The van der Waals surface area contributed by atoms with Crippen LogP contribution >= 0.6 is 0 Å². The number of carbonyl (C=O) groups is 2. The second kappa shape index (κ2) is 4.26. The van der Waals surface area contributed by atoms with E-state index in [0.717, 1.165) is 25.9 Å². The first-order valence-electron chi connectivity index (χ1n) is 6.43. The van der Waals surface area contributed by atoms with Crippen molar-refractivity contribution in [3.8, 4) is 0 Å². The number of Topliss-reactive ketones (excluding diaryl/α,β-unsaturated/α-hetero) is 2. The maximum absolute atomic E-state index is 12.0. The molecule has 0 radical (unpaired) electrons. The van der Waals surface area contributed by atoms with Crippen molar-refractivity contribution in [1.82, 2.24) is 4.90 Å². The molecule has 0 saturated carbocycles. The topological polar surface area (TPSA) is 66.8 Å². The van der Waals surface area contributed by atoms with Crippen molar-refractivity contribution < 1.29 is 19.4 Å². The predicted molar refractivity (Wildman–Crippen MR) is 67.0 cm³/mol. The number of carbonyl (C=O) groups excluding carboxylic acids is 2. The fourth-order valence-electron chi connectivity index (χ4n) is 2.66. The van der Waals surface area contributed by atoms with E-state index in [1.54, 1.807) is 6.08 Å². The summed E-state index contributed by atoms with van der Waals surface area (Å²) in [6.07, 6.45) is 4.08. The van der Waals surface area contributed by atoms with Crippen molar-refractivity contribution in [1.29, 1.82) is 0 Å². The Labute approximate surface area is 110 Å². The molecule has 1 saturated heterocycles. The molecule has 3 rings (SSSR count). The fourth-order valence-corrected chi connectivity index (χ4v) is 2.66. The summed E-state index contributed by atoms with van der Waals surface area (Å²) < 4.78 is 5.27. The Morgan fingerprint density at radius 2 is 1.95 bits per heavy atom. The van der Waals surface area contributed by atoms with Gasteiger partial charge < -0.3 is 14.7 Å². The quantitative estimate of drug-likeness (QED) is 0.726. The standard InChI is InChI=1S/C14H15NO4/c1-8-12(17)13(18)14(19-8)9-6-10(11(16)7-9)15-4-2-3-5-15/h6,17H,2-5,7H2,1H3/b14-9-. The normalized spacial score (nSPS) is 27.4. The van der Waals surface area contributed by atoms with Crippen LogP contribution in [0.1, 0.15) is 26.2 Å². The second-order valence-electron chi connectivity index (χ2n) is 5.01. The van der Waals surface area contributed by atoms with Gasteiger partial charge in [0.25, 0.3) is 5.78 Å². The van der Waals surface area contributed by atoms with Crippen molar-refractivity contribution in [3.63, 3.8) is 0 Å². The van der Waals surface area contributed by atoms with E-state index in [2.05, 4.69) is 4.90 Å². The minimum atomic E-state index is -0.528. The molecule has 0 bridgehead atoms. The molecule has 5 heteroatoms. The molecular weight excluding hydrogens is 246 g/mol. The summed E-state index contributed by atoms with van der Waals surface area (Å²) in [6.45, 7) is 3.30. The highest BCUT2D eigenvalue weighted by Crippen LogP contribution is 2.33. The first-order chi connectivity index (χ1) is 9.08. The lowest BCUT2D eigenvalue weighted by Crippen LogP contribution is -2.21. The number of rotatable bonds is 1. The number of ketones is 2. The minimum Gasteiger partial charge on any atom is -0.502 e. The zero-order valence-corrected chi connectivity index (χ0v) is 10.7. The summed E-state index contributed by atoms with van der Waals surface area (Å²) in [5.74, 6) is -0.581. The Morgan fingerprint density at radius 1 is 1.26 bits per heavy atom. The highest BCUT2D eigenvalue weighted by molar-refractivity contribution is 6.10. The number of nitrogens with zero attached hydrogens (tertiary/aromatic N) is 1. The van der Waals surface area contributed by atoms with E-state index in [-0.39, 0.29) is 29.5 Å². The van der Waals surface area contributed by atoms with Crippen LogP contribution in [-0.4, -0.2) is 34.7 Å². The van der Waals surface area contributed by atoms with Gasteiger partial charge >= 0.3 is 0 Å². The number of hydrogen-bond acceptors (Lipinski definition) is 5. The molecule has 5 nitrogen and oxygen atoms in total. The van der Waals surface area contributed by atoms with Gasteiger partial charge in [-0.3, -0.25) is 9.59 Å². The van der Waals surface area contributed by atoms with Crippen LogP contribution in [0.4, 0.5) is 0 Å². The van der Waals surface area contributed by atoms with Crippen LogP contribution in [0.3, 0.4) is 0 Å². The molecule has 0 spiro atoms. The van der Waals surface area contributed by atoms with Crippen LogP contribution < -0.4 is 0 Å². The van der Waals surface area contributed by atoms with Crippen LogP contribution in [0.2, 0.25) is 0 Å². The number of aliphatic hydroxyl groups is 1. The van der Waals surface area contributed by atoms with Gasteiger partial charge in [-0.1, -0.05) is 0 Å². The summed E-state index contributed by atoms with van der Waals surface area (Å²) >= 11 is 0. The monoisotopic (exact) mass is 261 g/mol. The van der Waals surface area contributed by atoms with E-state index in [1.807, 2.05) is 0 Å². The Bertz CT molecular complexity index is 562. The molecule has 1 N–H and O–H groups in total. The van der Waals surface area contributed by atoms with Gasteiger partial charge in [0.1, 0.15) is 5.76 Å². The Balaban J connectivity index is 1.92. The molecule has 100 valence electrons. The van der Waals surface area contributed by atoms with E-state index in [4.69, 9.17) is 4.74 Å². The van der Waals surface area contributed by atoms with Crippen LogP contribution in [0.25, 0.3) is 0 Å². The molecule has 2 heterocycles. The SMILES string of the molecule is CC1=C(O)C(=O)/C(=C2\C=C(N3CCCC3)C(=O)C2)O1. The van der Waals surface area contributed by atoms with Gasteiger partial charge in [-0.25, -0.2) is 0 Å². The van der Waals surface area contributed by atoms with Crippen LogP contribution in [-0.2, 0) is 14.3 Å². The maximum atomic E-state index is 12.0. The summed E-state index contributed by atoms with van der Waals surface area (Å²) in [4.78, 5) is 25.9. The van der Waals surface area contributed by atoms with E-state index in [1.165, 1.54) is 6.92 Å².